The van der Waals surface area contributed by atoms with E-state index >= 15 is 0 Å². The van der Waals surface area contributed by atoms with Crippen molar-refractivity contribution in [1.82, 2.24) is 4.90 Å². The second kappa shape index (κ2) is 8.11. The maximum absolute atomic E-state index is 12.6. The molecular formula is C19H19F2NO5. The van der Waals surface area contributed by atoms with E-state index < -0.39 is 12.7 Å². The summed E-state index contributed by atoms with van der Waals surface area (Å²) in [4.78, 5) is 14.1. The van der Waals surface area contributed by atoms with Gasteiger partial charge in [-0.1, -0.05) is 18.2 Å². The highest BCUT2D eigenvalue weighted by molar-refractivity contribution is 5.81. The first-order chi connectivity index (χ1) is 13.0. The molecule has 1 aliphatic rings. The standard InChI is InChI=1S/C19H19F2NO5/c1-22(10-12-7-8-15(27-19(20)21)16(9-12)24-2)18(23)17-11-25-13-5-3-4-6-14(13)26-17/h3-9,17,19H,10-11H2,1-2H3/t17-/m1/s1. The van der Waals surface area contributed by atoms with Gasteiger partial charge in [0, 0.05) is 13.6 Å². The van der Waals surface area contributed by atoms with E-state index in [4.69, 9.17) is 14.2 Å². The van der Waals surface area contributed by atoms with Crippen LogP contribution in [0.15, 0.2) is 42.5 Å². The summed E-state index contributed by atoms with van der Waals surface area (Å²) in [5, 5.41) is 0. The molecule has 2 aromatic rings. The number of para-hydroxylation sites is 2. The highest BCUT2D eigenvalue weighted by Gasteiger charge is 2.29. The number of halogens is 2. The monoisotopic (exact) mass is 379 g/mol. The summed E-state index contributed by atoms with van der Waals surface area (Å²) in [5.74, 6) is 0.969. The fraction of sp³-hybridized carbons (Fsp3) is 0.316. The molecule has 0 N–H and O–H groups in total. The number of likely N-dealkylation sites (N-methyl/N-ethyl adjacent to an activating group) is 1. The van der Waals surface area contributed by atoms with Gasteiger partial charge in [0.2, 0.25) is 6.10 Å². The van der Waals surface area contributed by atoms with E-state index in [9.17, 15) is 13.6 Å². The Labute approximate surface area is 155 Å². The molecule has 1 heterocycles. The molecule has 1 amide bonds. The lowest BCUT2D eigenvalue weighted by Crippen LogP contribution is -2.44. The smallest absolute Gasteiger partial charge is 0.387 e. The highest BCUT2D eigenvalue weighted by Crippen LogP contribution is 2.32. The van der Waals surface area contributed by atoms with E-state index in [0.717, 1.165) is 0 Å². The minimum atomic E-state index is -2.94. The minimum absolute atomic E-state index is 0.0640. The zero-order chi connectivity index (χ0) is 19.4. The topological polar surface area (TPSA) is 57.2 Å². The molecule has 0 bridgehead atoms. The Balaban J connectivity index is 1.66. The average molecular weight is 379 g/mol. The van der Waals surface area contributed by atoms with E-state index in [-0.39, 0.29) is 30.6 Å². The van der Waals surface area contributed by atoms with Crippen molar-refractivity contribution in [2.45, 2.75) is 19.3 Å². The number of nitrogens with zero attached hydrogens (tertiary/aromatic N) is 1. The van der Waals surface area contributed by atoms with Gasteiger partial charge in [-0.3, -0.25) is 4.79 Å². The van der Waals surface area contributed by atoms with Crippen molar-refractivity contribution in [2.75, 3.05) is 20.8 Å². The van der Waals surface area contributed by atoms with Crippen molar-refractivity contribution in [3.8, 4) is 23.0 Å². The van der Waals surface area contributed by atoms with Gasteiger partial charge in [0.05, 0.1) is 7.11 Å². The number of alkyl halides is 2. The fourth-order valence-corrected chi connectivity index (χ4v) is 2.74. The average Bonchev–Trinajstić information content (AvgIpc) is 2.67. The van der Waals surface area contributed by atoms with Gasteiger partial charge in [0.25, 0.3) is 5.91 Å². The van der Waals surface area contributed by atoms with E-state index in [1.165, 1.54) is 18.1 Å². The third-order valence-corrected chi connectivity index (χ3v) is 4.02. The van der Waals surface area contributed by atoms with Crippen LogP contribution in [0.4, 0.5) is 8.78 Å². The third-order valence-electron chi connectivity index (χ3n) is 4.02. The van der Waals surface area contributed by atoms with Crippen LogP contribution >= 0.6 is 0 Å². The first kappa shape index (κ1) is 18.8. The summed E-state index contributed by atoms with van der Waals surface area (Å²) in [6, 6.07) is 11.7. The van der Waals surface area contributed by atoms with Crippen molar-refractivity contribution in [3.05, 3.63) is 48.0 Å². The van der Waals surface area contributed by atoms with Crippen LogP contribution in [0.3, 0.4) is 0 Å². The second-order valence-electron chi connectivity index (χ2n) is 5.92. The lowest BCUT2D eigenvalue weighted by atomic mass is 10.1. The molecule has 6 nitrogen and oxygen atoms in total. The minimum Gasteiger partial charge on any atom is -0.493 e. The zero-order valence-electron chi connectivity index (χ0n) is 14.9. The molecule has 0 unspecified atom stereocenters. The van der Waals surface area contributed by atoms with Gasteiger partial charge in [-0.25, -0.2) is 0 Å². The van der Waals surface area contributed by atoms with Crippen LogP contribution in [0.1, 0.15) is 5.56 Å². The second-order valence-corrected chi connectivity index (χ2v) is 5.92. The van der Waals surface area contributed by atoms with E-state index in [1.54, 1.807) is 37.4 Å². The Bertz CT molecular complexity index is 814. The van der Waals surface area contributed by atoms with Gasteiger partial charge in [-0.15, -0.1) is 0 Å². The van der Waals surface area contributed by atoms with Crippen molar-refractivity contribution in [1.29, 1.82) is 0 Å². The fourth-order valence-electron chi connectivity index (χ4n) is 2.74. The maximum Gasteiger partial charge on any atom is 0.387 e. The summed E-state index contributed by atoms with van der Waals surface area (Å²) >= 11 is 0. The number of ether oxygens (including phenoxy) is 4. The quantitative estimate of drug-likeness (QED) is 0.772. The summed E-state index contributed by atoms with van der Waals surface area (Å²) in [7, 11) is 2.99. The number of carbonyl (C=O) groups excluding carboxylic acids is 1. The van der Waals surface area contributed by atoms with Gasteiger partial charge >= 0.3 is 6.61 Å². The number of amides is 1. The summed E-state index contributed by atoms with van der Waals surface area (Å²) in [6.45, 7) is -2.59. The number of rotatable bonds is 6. The van der Waals surface area contributed by atoms with Crippen LogP contribution in [0.25, 0.3) is 0 Å². The number of benzene rings is 2. The number of carbonyl (C=O) groups is 1. The predicted molar refractivity (Wildman–Crippen MR) is 92.5 cm³/mol. The normalized spacial score (nSPS) is 15.4. The van der Waals surface area contributed by atoms with Gasteiger partial charge in [0.1, 0.15) is 6.61 Å². The van der Waals surface area contributed by atoms with Crippen LogP contribution in [-0.2, 0) is 11.3 Å². The molecular weight excluding hydrogens is 360 g/mol. The molecule has 3 rings (SSSR count). The predicted octanol–water partition coefficient (Wildman–Crippen LogP) is 3.10. The number of hydrogen-bond donors (Lipinski definition) is 0. The van der Waals surface area contributed by atoms with Gasteiger partial charge in [-0.2, -0.15) is 8.78 Å². The molecule has 144 valence electrons. The molecule has 0 aromatic heterocycles. The molecule has 0 saturated heterocycles. The molecule has 1 atom stereocenters. The molecule has 0 saturated carbocycles. The molecule has 0 aliphatic carbocycles. The van der Waals surface area contributed by atoms with Crippen LogP contribution in [0, 0.1) is 0 Å². The molecule has 27 heavy (non-hydrogen) atoms. The molecule has 1 aliphatic heterocycles. The first-order valence-electron chi connectivity index (χ1n) is 8.23. The van der Waals surface area contributed by atoms with Crippen molar-refractivity contribution in [3.63, 3.8) is 0 Å². The number of methoxy groups -OCH3 is 1. The SMILES string of the molecule is COc1cc(CN(C)C(=O)[C@H]2COc3ccccc3O2)ccc1OC(F)F. The summed E-state index contributed by atoms with van der Waals surface area (Å²) in [6.07, 6.45) is -0.756. The van der Waals surface area contributed by atoms with E-state index in [0.29, 0.717) is 17.1 Å². The van der Waals surface area contributed by atoms with Crippen LogP contribution in [0.2, 0.25) is 0 Å². The Morgan fingerprint density at radius 2 is 1.96 bits per heavy atom. The Morgan fingerprint density at radius 1 is 1.22 bits per heavy atom. The lowest BCUT2D eigenvalue weighted by molar-refractivity contribution is -0.140. The molecule has 2 aromatic carbocycles. The van der Waals surface area contributed by atoms with Crippen molar-refractivity contribution in [2.24, 2.45) is 0 Å². The van der Waals surface area contributed by atoms with Crippen LogP contribution in [-0.4, -0.2) is 44.3 Å². The maximum atomic E-state index is 12.6. The molecule has 0 radical (unpaired) electrons. The Morgan fingerprint density at radius 3 is 2.67 bits per heavy atom. The van der Waals surface area contributed by atoms with E-state index in [1.807, 2.05) is 6.07 Å². The molecule has 0 spiro atoms. The lowest BCUT2D eigenvalue weighted by Gasteiger charge is -2.29. The molecule has 0 fully saturated rings. The van der Waals surface area contributed by atoms with Gasteiger partial charge in [-0.05, 0) is 29.8 Å². The third kappa shape index (κ3) is 4.39. The van der Waals surface area contributed by atoms with Crippen molar-refractivity contribution < 1.29 is 32.5 Å². The largest absolute Gasteiger partial charge is 0.493 e. The first-order valence-corrected chi connectivity index (χ1v) is 8.23. The number of fused-ring (bicyclic) bond motifs is 1. The Hall–Kier alpha value is -3.03. The van der Waals surface area contributed by atoms with Gasteiger partial charge < -0.3 is 23.8 Å². The summed E-state index contributed by atoms with van der Waals surface area (Å²) in [5.41, 5.74) is 0.696. The van der Waals surface area contributed by atoms with E-state index in [2.05, 4.69) is 4.74 Å². The van der Waals surface area contributed by atoms with Crippen molar-refractivity contribution >= 4 is 5.91 Å². The Kier molecular flexibility index (Phi) is 5.63. The number of hydrogen-bond acceptors (Lipinski definition) is 5. The van der Waals surface area contributed by atoms with Crippen LogP contribution in [0.5, 0.6) is 23.0 Å². The highest BCUT2D eigenvalue weighted by atomic mass is 19.3. The van der Waals surface area contributed by atoms with Gasteiger partial charge in [0.15, 0.2) is 23.0 Å². The molecule has 8 heteroatoms. The zero-order valence-corrected chi connectivity index (χ0v) is 14.9. The summed E-state index contributed by atoms with van der Waals surface area (Å²) < 4.78 is 45.6. The van der Waals surface area contributed by atoms with Crippen LogP contribution < -0.4 is 18.9 Å².